The third-order valence-electron chi connectivity index (χ3n) is 6.24. The molecule has 0 saturated carbocycles. The largest absolute Gasteiger partial charge is 0.416 e. The molecule has 1 aromatic heterocycles. The van der Waals surface area contributed by atoms with E-state index in [1.165, 1.54) is 18.2 Å². The van der Waals surface area contributed by atoms with Crippen molar-refractivity contribution in [2.75, 3.05) is 43.4 Å². The van der Waals surface area contributed by atoms with Crippen molar-refractivity contribution >= 4 is 17.4 Å². The van der Waals surface area contributed by atoms with Crippen LogP contribution in [-0.2, 0) is 12.7 Å². The number of hydrogen-bond donors (Lipinski definition) is 3. The highest BCUT2D eigenvalue weighted by atomic mass is 19.4. The minimum Gasteiger partial charge on any atom is -0.328 e. The van der Waals surface area contributed by atoms with Crippen LogP contribution in [0.2, 0.25) is 0 Å². The van der Waals surface area contributed by atoms with Crippen molar-refractivity contribution in [2.24, 2.45) is 0 Å². The summed E-state index contributed by atoms with van der Waals surface area (Å²) in [5.41, 5.74) is 1.41. The van der Waals surface area contributed by atoms with Crippen LogP contribution in [0.4, 0.5) is 29.3 Å². The molecule has 10 heteroatoms. The maximum atomic E-state index is 13.8. The van der Waals surface area contributed by atoms with Crippen LogP contribution in [0.15, 0.2) is 65.6 Å². The highest BCUT2D eigenvalue weighted by molar-refractivity contribution is 6.00. The topological polar surface area (TPSA) is 80.5 Å². The Morgan fingerprint density at radius 1 is 0.889 bits per heavy atom. The summed E-state index contributed by atoms with van der Waals surface area (Å²) in [4.78, 5) is 30.5. The van der Waals surface area contributed by atoms with E-state index in [0.29, 0.717) is 18.8 Å². The molecule has 3 aromatic rings. The molecule has 0 atom stereocenters. The zero-order valence-corrected chi connectivity index (χ0v) is 19.9. The SMILES string of the molecule is CCN1CCN(Cc2ccc(NC(=O)Nc3ccc(-c4ccc(=O)[nH]c4)cc3)cc2C(F)(F)F)CC1. The summed E-state index contributed by atoms with van der Waals surface area (Å²) in [7, 11) is 0. The third-order valence-corrected chi connectivity index (χ3v) is 6.24. The summed E-state index contributed by atoms with van der Waals surface area (Å²) >= 11 is 0. The molecule has 2 amide bonds. The van der Waals surface area contributed by atoms with E-state index in [1.807, 2.05) is 4.90 Å². The van der Waals surface area contributed by atoms with Gasteiger partial charge in [0.1, 0.15) is 0 Å². The number of anilines is 2. The number of amides is 2. The van der Waals surface area contributed by atoms with Gasteiger partial charge in [-0.25, -0.2) is 4.79 Å². The third kappa shape index (κ3) is 6.52. The van der Waals surface area contributed by atoms with E-state index >= 15 is 0 Å². The van der Waals surface area contributed by atoms with Crippen molar-refractivity contribution in [1.29, 1.82) is 0 Å². The zero-order chi connectivity index (χ0) is 25.7. The molecule has 36 heavy (non-hydrogen) atoms. The Hall–Kier alpha value is -3.63. The number of likely N-dealkylation sites (N-methyl/N-ethyl adjacent to an activating group) is 1. The van der Waals surface area contributed by atoms with Crippen molar-refractivity contribution < 1.29 is 18.0 Å². The fraction of sp³-hybridized carbons (Fsp3) is 0.308. The molecule has 3 N–H and O–H groups in total. The number of H-pyrrole nitrogens is 1. The van der Waals surface area contributed by atoms with E-state index in [2.05, 4.69) is 27.4 Å². The molecule has 0 radical (unpaired) electrons. The van der Waals surface area contributed by atoms with Gasteiger partial charge >= 0.3 is 12.2 Å². The van der Waals surface area contributed by atoms with E-state index in [9.17, 15) is 22.8 Å². The Bertz CT molecular complexity index is 1230. The second-order valence-electron chi connectivity index (χ2n) is 8.68. The Morgan fingerprint density at radius 3 is 2.11 bits per heavy atom. The van der Waals surface area contributed by atoms with Gasteiger partial charge in [0.05, 0.1) is 5.56 Å². The number of aromatic nitrogens is 1. The van der Waals surface area contributed by atoms with E-state index in [4.69, 9.17) is 0 Å². The normalized spacial score (nSPS) is 15.0. The number of rotatable bonds is 6. The molecular weight excluding hydrogens is 471 g/mol. The standard InChI is InChI=1S/C26H28F3N5O2/c1-2-33-11-13-34(14-12-33)17-20-5-9-22(15-23(20)26(27,28)29)32-25(36)31-21-7-3-18(4-8-21)19-6-10-24(35)30-16-19/h3-10,15-16H,2,11-14,17H2,1H3,(H,30,35)(H2,31,32,36). The van der Waals surface area contributed by atoms with Crippen LogP contribution < -0.4 is 16.2 Å². The van der Waals surface area contributed by atoms with Crippen molar-refractivity contribution in [3.63, 3.8) is 0 Å². The van der Waals surface area contributed by atoms with Gasteiger partial charge in [0, 0.05) is 56.4 Å². The Balaban J connectivity index is 1.41. The van der Waals surface area contributed by atoms with E-state index in [0.717, 1.165) is 36.8 Å². The number of carbonyl (C=O) groups is 1. The second-order valence-corrected chi connectivity index (χ2v) is 8.68. The maximum Gasteiger partial charge on any atom is 0.416 e. The van der Waals surface area contributed by atoms with Gasteiger partial charge in [-0.15, -0.1) is 0 Å². The van der Waals surface area contributed by atoms with Crippen molar-refractivity contribution in [3.05, 3.63) is 82.3 Å². The summed E-state index contributed by atoms with van der Waals surface area (Å²) < 4.78 is 41.4. The van der Waals surface area contributed by atoms with Gasteiger partial charge in [-0.05, 0) is 53.6 Å². The molecule has 2 aromatic carbocycles. The predicted molar refractivity (Wildman–Crippen MR) is 134 cm³/mol. The van der Waals surface area contributed by atoms with Gasteiger partial charge in [0.15, 0.2) is 0 Å². The number of halogens is 3. The lowest BCUT2D eigenvalue weighted by Gasteiger charge is -2.34. The van der Waals surface area contributed by atoms with Crippen LogP contribution in [0.25, 0.3) is 11.1 Å². The Labute approximate surface area is 206 Å². The maximum absolute atomic E-state index is 13.8. The minimum absolute atomic E-state index is 0.0595. The van der Waals surface area contributed by atoms with E-state index in [-0.39, 0.29) is 23.4 Å². The molecule has 4 rings (SSSR count). The fourth-order valence-corrected chi connectivity index (χ4v) is 4.19. The van der Waals surface area contributed by atoms with E-state index in [1.54, 1.807) is 36.5 Å². The molecule has 1 saturated heterocycles. The number of hydrogen-bond acceptors (Lipinski definition) is 4. The zero-order valence-electron chi connectivity index (χ0n) is 19.9. The van der Waals surface area contributed by atoms with Gasteiger partial charge < -0.3 is 20.5 Å². The molecule has 1 fully saturated rings. The monoisotopic (exact) mass is 499 g/mol. The summed E-state index contributed by atoms with van der Waals surface area (Å²) in [6, 6.07) is 13.2. The number of piperazine rings is 1. The Kier molecular flexibility index (Phi) is 7.76. The molecule has 1 aliphatic heterocycles. The minimum atomic E-state index is -4.54. The molecule has 0 spiro atoms. The van der Waals surface area contributed by atoms with Gasteiger partial charge in [-0.1, -0.05) is 25.1 Å². The van der Waals surface area contributed by atoms with Gasteiger partial charge in [-0.3, -0.25) is 9.69 Å². The molecule has 0 bridgehead atoms. The predicted octanol–water partition coefficient (Wildman–Crippen LogP) is 4.84. The number of carbonyl (C=O) groups excluding carboxylic acids is 1. The highest BCUT2D eigenvalue weighted by Gasteiger charge is 2.34. The molecule has 2 heterocycles. The number of alkyl halides is 3. The van der Waals surface area contributed by atoms with Crippen molar-refractivity contribution in [1.82, 2.24) is 14.8 Å². The number of urea groups is 1. The molecule has 7 nitrogen and oxygen atoms in total. The smallest absolute Gasteiger partial charge is 0.328 e. The average molecular weight is 500 g/mol. The Morgan fingerprint density at radius 2 is 1.50 bits per heavy atom. The summed E-state index contributed by atoms with van der Waals surface area (Å²) in [6.45, 7) is 6.32. The van der Waals surface area contributed by atoms with Gasteiger partial charge in [-0.2, -0.15) is 13.2 Å². The quantitative estimate of drug-likeness (QED) is 0.453. The second kappa shape index (κ2) is 11.0. The van der Waals surface area contributed by atoms with Crippen LogP contribution >= 0.6 is 0 Å². The molecule has 0 unspecified atom stereocenters. The molecule has 0 aliphatic carbocycles. The highest BCUT2D eigenvalue weighted by Crippen LogP contribution is 2.34. The van der Waals surface area contributed by atoms with Crippen molar-refractivity contribution in [2.45, 2.75) is 19.6 Å². The number of nitrogens with zero attached hydrogens (tertiary/aromatic N) is 2. The molecule has 190 valence electrons. The first-order chi connectivity index (χ1) is 17.2. The molecule has 1 aliphatic rings. The van der Waals surface area contributed by atoms with Gasteiger partial charge in [0.25, 0.3) is 0 Å². The average Bonchev–Trinajstić information content (AvgIpc) is 2.86. The number of benzene rings is 2. The number of nitrogens with one attached hydrogen (secondary N) is 3. The summed E-state index contributed by atoms with van der Waals surface area (Å²) in [6.07, 6.45) is -2.95. The number of pyridine rings is 1. The van der Waals surface area contributed by atoms with Crippen LogP contribution in [0, 0.1) is 0 Å². The first kappa shape index (κ1) is 25.5. The fourth-order valence-electron chi connectivity index (χ4n) is 4.19. The first-order valence-electron chi connectivity index (χ1n) is 11.7. The lowest BCUT2D eigenvalue weighted by molar-refractivity contribution is -0.138. The van der Waals surface area contributed by atoms with Crippen LogP contribution in [-0.4, -0.2) is 53.5 Å². The van der Waals surface area contributed by atoms with E-state index < -0.39 is 17.8 Å². The lowest BCUT2D eigenvalue weighted by atomic mass is 10.0. The van der Waals surface area contributed by atoms with Crippen LogP contribution in [0.1, 0.15) is 18.1 Å². The van der Waals surface area contributed by atoms with Crippen molar-refractivity contribution in [3.8, 4) is 11.1 Å². The molecular formula is C26H28F3N5O2. The summed E-state index contributed by atoms with van der Waals surface area (Å²) in [5.74, 6) is 0. The summed E-state index contributed by atoms with van der Waals surface area (Å²) in [5, 5.41) is 5.11. The lowest BCUT2D eigenvalue weighted by Crippen LogP contribution is -2.45. The van der Waals surface area contributed by atoms with Crippen LogP contribution in [0.5, 0.6) is 0 Å². The van der Waals surface area contributed by atoms with Gasteiger partial charge in [0.2, 0.25) is 5.56 Å². The van der Waals surface area contributed by atoms with Crippen LogP contribution in [0.3, 0.4) is 0 Å². The number of aromatic amines is 1. The first-order valence-corrected chi connectivity index (χ1v) is 11.7.